The molecule has 0 radical (unpaired) electrons. The zero-order valence-corrected chi connectivity index (χ0v) is 13.8. The van der Waals surface area contributed by atoms with Crippen LogP contribution in [0.2, 0.25) is 0 Å². The SMILES string of the molecule is Cc1nn2c(=O)cc(CN(c3cnn(C)c3)C(C)C)nc2s1. The van der Waals surface area contributed by atoms with Gasteiger partial charge in [0.2, 0.25) is 4.96 Å². The molecule has 0 saturated heterocycles. The Morgan fingerprint density at radius 3 is 2.82 bits per heavy atom. The number of fused-ring (bicyclic) bond motifs is 1. The van der Waals surface area contributed by atoms with Crippen LogP contribution in [-0.2, 0) is 13.6 Å². The van der Waals surface area contributed by atoms with Crippen molar-refractivity contribution in [3.8, 4) is 0 Å². The van der Waals surface area contributed by atoms with Crippen molar-refractivity contribution in [1.82, 2.24) is 24.4 Å². The summed E-state index contributed by atoms with van der Waals surface area (Å²) in [5.74, 6) is 0. The summed E-state index contributed by atoms with van der Waals surface area (Å²) >= 11 is 1.42. The zero-order chi connectivity index (χ0) is 15.9. The maximum atomic E-state index is 12.1. The van der Waals surface area contributed by atoms with Crippen molar-refractivity contribution in [3.63, 3.8) is 0 Å². The average Bonchev–Trinajstić information content (AvgIpc) is 3.01. The lowest BCUT2D eigenvalue weighted by Gasteiger charge is -2.26. The number of hydrogen-bond donors (Lipinski definition) is 0. The van der Waals surface area contributed by atoms with Crippen molar-refractivity contribution in [2.75, 3.05) is 4.90 Å². The van der Waals surface area contributed by atoms with E-state index in [1.807, 2.05) is 26.4 Å². The van der Waals surface area contributed by atoms with Crippen molar-refractivity contribution in [3.05, 3.63) is 39.5 Å². The Balaban J connectivity index is 1.97. The number of rotatable bonds is 4. The van der Waals surface area contributed by atoms with Crippen LogP contribution in [-0.4, -0.2) is 30.4 Å². The molecule has 3 aromatic heterocycles. The summed E-state index contributed by atoms with van der Waals surface area (Å²) in [4.78, 5) is 19.5. The summed E-state index contributed by atoms with van der Waals surface area (Å²) in [5, 5.41) is 9.20. The van der Waals surface area contributed by atoms with Gasteiger partial charge in [0.1, 0.15) is 5.01 Å². The van der Waals surface area contributed by atoms with Crippen molar-refractivity contribution in [2.45, 2.75) is 33.4 Å². The second kappa shape index (κ2) is 5.53. The normalized spacial score (nSPS) is 11.5. The Morgan fingerprint density at radius 1 is 1.41 bits per heavy atom. The van der Waals surface area contributed by atoms with Gasteiger partial charge in [-0.15, -0.1) is 0 Å². The van der Waals surface area contributed by atoms with E-state index >= 15 is 0 Å². The molecule has 116 valence electrons. The van der Waals surface area contributed by atoms with E-state index in [1.54, 1.807) is 10.7 Å². The van der Waals surface area contributed by atoms with Crippen LogP contribution in [0.25, 0.3) is 4.96 Å². The van der Waals surface area contributed by atoms with E-state index in [1.165, 1.54) is 15.9 Å². The molecular formula is C14H18N6OS. The van der Waals surface area contributed by atoms with Gasteiger partial charge in [0, 0.05) is 25.4 Å². The highest BCUT2D eigenvalue weighted by Crippen LogP contribution is 2.19. The van der Waals surface area contributed by atoms with Gasteiger partial charge in [0.25, 0.3) is 5.56 Å². The highest BCUT2D eigenvalue weighted by molar-refractivity contribution is 7.16. The fourth-order valence-corrected chi connectivity index (χ4v) is 3.10. The molecule has 8 heteroatoms. The molecule has 0 fully saturated rings. The zero-order valence-electron chi connectivity index (χ0n) is 13.0. The molecule has 7 nitrogen and oxygen atoms in total. The Morgan fingerprint density at radius 2 is 2.18 bits per heavy atom. The first-order valence-electron chi connectivity index (χ1n) is 7.06. The van der Waals surface area contributed by atoms with Gasteiger partial charge in [-0.25, -0.2) is 4.98 Å². The maximum absolute atomic E-state index is 12.1. The third-order valence-corrected chi connectivity index (χ3v) is 4.20. The van der Waals surface area contributed by atoms with E-state index in [2.05, 4.69) is 33.9 Å². The quantitative estimate of drug-likeness (QED) is 0.731. The van der Waals surface area contributed by atoms with Gasteiger partial charge in [-0.1, -0.05) is 11.3 Å². The van der Waals surface area contributed by atoms with Crippen LogP contribution in [0.3, 0.4) is 0 Å². The van der Waals surface area contributed by atoms with Crippen molar-refractivity contribution >= 4 is 22.0 Å². The van der Waals surface area contributed by atoms with Crippen LogP contribution in [0.5, 0.6) is 0 Å². The van der Waals surface area contributed by atoms with Crippen LogP contribution >= 0.6 is 11.3 Å². The molecule has 0 aromatic carbocycles. The first-order valence-corrected chi connectivity index (χ1v) is 7.87. The third-order valence-electron chi connectivity index (χ3n) is 3.38. The van der Waals surface area contributed by atoms with Crippen LogP contribution in [0.1, 0.15) is 24.5 Å². The van der Waals surface area contributed by atoms with E-state index in [4.69, 9.17) is 0 Å². The van der Waals surface area contributed by atoms with Gasteiger partial charge in [-0.2, -0.15) is 14.7 Å². The maximum Gasteiger partial charge on any atom is 0.275 e. The molecule has 0 aliphatic heterocycles. The molecule has 3 heterocycles. The van der Waals surface area contributed by atoms with E-state index in [0.717, 1.165) is 16.4 Å². The molecule has 0 aliphatic carbocycles. The van der Waals surface area contributed by atoms with E-state index in [-0.39, 0.29) is 11.6 Å². The topological polar surface area (TPSA) is 68.3 Å². The number of hydrogen-bond acceptors (Lipinski definition) is 6. The van der Waals surface area contributed by atoms with Crippen molar-refractivity contribution < 1.29 is 0 Å². The van der Waals surface area contributed by atoms with Crippen LogP contribution in [0.4, 0.5) is 5.69 Å². The molecule has 0 atom stereocenters. The minimum Gasteiger partial charge on any atom is -0.361 e. The Bertz CT molecular complexity index is 862. The Hall–Kier alpha value is -2.22. The van der Waals surface area contributed by atoms with Gasteiger partial charge >= 0.3 is 0 Å². The molecule has 0 unspecified atom stereocenters. The molecule has 0 N–H and O–H groups in total. The Kier molecular flexibility index (Phi) is 3.69. The average molecular weight is 318 g/mol. The lowest BCUT2D eigenvalue weighted by Crippen LogP contribution is -2.31. The molecular weight excluding hydrogens is 300 g/mol. The molecule has 3 aromatic rings. The molecule has 0 spiro atoms. The van der Waals surface area contributed by atoms with E-state index in [0.29, 0.717) is 11.5 Å². The molecule has 0 saturated carbocycles. The summed E-state index contributed by atoms with van der Waals surface area (Å²) in [7, 11) is 1.89. The fourth-order valence-electron chi connectivity index (χ4n) is 2.34. The summed E-state index contributed by atoms with van der Waals surface area (Å²) in [6.07, 6.45) is 3.78. The van der Waals surface area contributed by atoms with Crippen molar-refractivity contribution in [1.29, 1.82) is 0 Å². The highest BCUT2D eigenvalue weighted by Gasteiger charge is 2.15. The first-order chi connectivity index (χ1) is 10.4. The molecule has 0 amide bonds. The summed E-state index contributed by atoms with van der Waals surface area (Å²) in [5.41, 5.74) is 1.62. The molecule has 22 heavy (non-hydrogen) atoms. The predicted molar refractivity (Wildman–Crippen MR) is 86.4 cm³/mol. The second-order valence-corrected chi connectivity index (χ2v) is 6.66. The number of aryl methyl sites for hydroxylation is 2. The van der Waals surface area contributed by atoms with Crippen LogP contribution in [0.15, 0.2) is 23.3 Å². The summed E-state index contributed by atoms with van der Waals surface area (Å²) in [6, 6.07) is 1.82. The second-order valence-electron chi connectivity index (χ2n) is 5.50. The largest absolute Gasteiger partial charge is 0.361 e. The van der Waals surface area contributed by atoms with Gasteiger partial charge in [0.15, 0.2) is 0 Å². The van der Waals surface area contributed by atoms with Gasteiger partial charge in [0.05, 0.1) is 24.1 Å². The van der Waals surface area contributed by atoms with Gasteiger partial charge < -0.3 is 4.90 Å². The van der Waals surface area contributed by atoms with E-state index in [9.17, 15) is 4.79 Å². The molecule has 0 aliphatic rings. The fraction of sp³-hybridized carbons (Fsp3) is 0.429. The van der Waals surface area contributed by atoms with Crippen LogP contribution in [0, 0.1) is 6.92 Å². The summed E-state index contributed by atoms with van der Waals surface area (Å²) < 4.78 is 3.12. The molecule has 3 rings (SSSR count). The lowest BCUT2D eigenvalue weighted by molar-refractivity contribution is 0.671. The monoisotopic (exact) mass is 318 g/mol. The van der Waals surface area contributed by atoms with Crippen LogP contribution < -0.4 is 10.5 Å². The number of aromatic nitrogens is 5. The number of nitrogens with zero attached hydrogens (tertiary/aromatic N) is 6. The lowest BCUT2D eigenvalue weighted by atomic mass is 10.2. The van der Waals surface area contributed by atoms with Gasteiger partial charge in [-0.3, -0.25) is 9.48 Å². The van der Waals surface area contributed by atoms with Crippen molar-refractivity contribution in [2.24, 2.45) is 7.05 Å². The standard InChI is InChI=1S/C14H18N6OS/c1-9(2)19(12-6-15-18(4)8-12)7-11-5-13(21)20-14(16-11)22-10(3)17-20/h5-6,8-9H,7H2,1-4H3. The smallest absolute Gasteiger partial charge is 0.275 e. The Labute approximate surface area is 131 Å². The minimum atomic E-state index is -0.140. The highest BCUT2D eigenvalue weighted by atomic mass is 32.1. The van der Waals surface area contributed by atoms with Gasteiger partial charge in [-0.05, 0) is 20.8 Å². The third kappa shape index (κ3) is 2.74. The first kappa shape index (κ1) is 14.7. The summed E-state index contributed by atoms with van der Waals surface area (Å²) in [6.45, 7) is 6.64. The number of anilines is 1. The molecule has 0 bridgehead atoms. The minimum absolute atomic E-state index is 0.140. The van der Waals surface area contributed by atoms with E-state index < -0.39 is 0 Å². The predicted octanol–water partition coefficient (Wildman–Crippen LogP) is 1.61.